The number of nitrogens with zero attached hydrogens (tertiary/aromatic N) is 3. The molecule has 0 saturated carbocycles. The van der Waals surface area contributed by atoms with Gasteiger partial charge in [0.2, 0.25) is 0 Å². The Bertz CT molecular complexity index is 1020. The maximum Gasteiger partial charge on any atom is 0.274 e. The summed E-state index contributed by atoms with van der Waals surface area (Å²) >= 11 is 1.66. The third-order valence-corrected chi connectivity index (χ3v) is 5.87. The second-order valence-corrected chi connectivity index (χ2v) is 8.02. The Labute approximate surface area is 175 Å². The summed E-state index contributed by atoms with van der Waals surface area (Å²) in [6.07, 6.45) is 0. The van der Waals surface area contributed by atoms with E-state index in [9.17, 15) is 9.59 Å². The quantitative estimate of drug-likeness (QED) is 0.610. The molecular weight excluding hydrogens is 384 g/mol. The second kappa shape index (κ2) is 9.33. The minimum atomic E-state index is -0.261. The number of fused-ring (bicyclic) bond motifs is 1. The van der Waals surface area contributed by atoms with Crippen LogP contribution in [0, 0.1) is 0 Å². The number of hydrogen-bond acceptors (Lipinski definition) is 5. The highest BCUT2D eigenvalue weighted by Crippen LogP contribution is 2.22. The summed E-state index contributed by atoms with van der Waals surface area (Å²) in [5.41, 5.74) is 1.31. The molecule has 154 valence electrons. The molecule has 1 unspecified atom stereocenters. The van der Waals surface area contributed by atoms with Gasteiger partial charge < -0.3 is 5.32 Å². The first kappa shape index (κ1) is 21.2. The zero-order chi connectivity index (χ0) is 21.0. The zero-order valence-corrected chi connectivity index (χ0v) is 18.2. The van der Waals surface area contributed by atoms with Gasteiger partial charge in [-0.3, -0.25) is 14.5 Å². The summed E-state index contributed by atoms with van der Waals surface area (Å²) in [5.74, 6) is -0.261. The Balaban J connectivity index is 1.93. The molecule has 0 aliphatic rings. The van der Waals surface area contributed by atoms with Crippen molar-refractivity contribution in [3.8, 4) is 0 Å². The van der Waals surface area contributed by atoms with E-state index in [2.05, 4.69) is 46.0 Å². The Morgan fingerprint density at radius 2 is 1.86 bits per heavy atom. The lowest BCUT2D eigenvalue weighted by atomic mass is 10.1. The van der Waals surface area contributed by atoms with Crippen molar-refractivity contribution < 1.29 is 4.79 Å². The first-order valence-electron chi connectivity index (χ1n) is 10.0. The van der Waals surface area contributed by atoms with Crippen molar-refractivity contribution in [1.29, 1.82) is 0 Å². The molecule has 1 aromatic carbocycles. The molecule has 0 radical (unpaired) electrons. The number of thiophene rings is 1. The first-order valence-corrected chi connectivity index (χ1v) is 11.0. The van der Waals surface area contributed by atoms with Crippen LogP contribution in [0.1, 0.15) is 55.8 Å². The first-order chi connectivity index (χ1) is 14.0. The van der Waals surface area contributed by atoms with Gasteiger partial charge in [0.15, 0.2) is 5.69 Å². The SMILES string of the molecule is CCN(CC)C(CNC(=O)c1nn(C(C)C)c(=O)c2ccccc12)c1ccsc1. The van der Waals surface area contributed by atoms with Crippen LogP contribution < -0.4 is 10.9 Å². The topological polar surface area (TPSA) is 67.2 Å². The van der Waals surface area contributed by atoms with Gasteiger partial charge in [0.05, 0.1) is 17.5 Å². The fraction of sp³-hybridized carbons (Fsp3) is 0.409. The molecule has 6 nitrogen and oxygen atoms in total. The van der Waals surface area contributed by atoms with Crippen LogP contribution in [0.2, 0.25) is 0 Å². The van der Waals surface area contributed by atoms with Gasteiger partial charge in [-0.2, -0.15) is 16.4 Å². The monoisotopic (exact) mass is 412 g/mol. The lowest BCUT2D eigenvalue weighted by Crippen LogP contribution is -2.39. The molecule has 0 saturated heterocycles. The van der Waals surface area contributed by atoms with E-state index in [-0.39, 0.29) is 29.2 Å². The lowest BCUT2D eigenvalue weighted by Gasteiger charge is -2.29. The molecule has 3 aromatic rings. The van der Waals surface area contributed by atoms with Gasteiger partial charge in [-0.25, -0.2) is 4.68 Å². The van der Waals surface area contributed by atoms with E-state index < -0.39 is 0 Å². The largest absolute Gasteiger partial charge is 0.349 e. The van der Waals surface area contributed by atoms with Crippen molar-refractivity contribution in [2.24, 2.45) is 0 Å². The molecule has 7 heteroatoms. The average molecular weight is 413 g/mol. The van der Waals surface area contributed by atoms with Crippen LogP contribution in [0.15, 0.2) is 45.9 Å². The molecule has 0 aliphatic carbocycles. The van der Waals surface area contributed by atoms with E-state index in [1.54, 1.807) is 23.5 Å². The Morgan fingerprint density at radius 3 is 2.45 bits per heavy atom. The number of carbonyl (C=O) groups is 1. The minimum absolute atomic E-state index is 0.0995. The van der Waals surface area contributed by atoms with Crippen molar-refractivity contribution >= 4 is 28.0 Å². The van der Waals surface area contributed by atoms with Crippen LogP contribution >= 0.6 is 11.3 Å². The Morgan fingerprint density at radius 1 is 1.17 bits per heavy atom. The highest BCUT2D eigenvalue weighted by Gasteiger charge is 2.22. The van der Waals surface area contributed by atoms with Crippen molar-refractivity contribution in [3.63, 3.8) is 0 Å². The lowest BCUT2D eigenvalue weighted by molar-refractivity contribution is 0.0929. The summed E-state index contributed by atoms with van der Waals surface area (Å²) in [4.78, 5) is 28.1. The van der Waals surface area contributed by atoms with E-state index >= 15 is 0 Å². The number of rotatable bonds is 8. The Hall–Kier alpha value is -2.51. The van der Waals surface area contributed by atoms with E-state index in [1.165, 1.54) is 10.2 Å². The van der Waals surface area contributed by atoms with Gasteiger partial charge in [0.1, 0.15) is 0 Å². The number of nitrogens with one attached hydrogen (secondary N) is 1. The van der Waals surface area contributed by atoms with Gasteiger partial charge in [-0.1, -0.05) is 32.0 Å². The molecule has 1 amide bonds. The van der Waals surface area contributed by atoms with Gasteiger partial charge in [-0.15, -0.1) is 0 Å². The molecule has 0 aliphatic heterocycles. The Kier molecular flexibility index (Phi) is 6.82. The van der Waals surface area contributed by atoms with Crippen LogP contribution in [0.4, 0.5) is 0 Å². The second-order valence-electron chi connectivity index (χ2n) is 7.24. The highest BCUT2D eigenvalue weighted by molar-refractivity contribution is 7.08. The van der Waals surface area contributed by atoms with E-state index in [0.717, 1.165) is 13.1 Å². The summed E-state index contributed by atoms with van der Waals surface area (Å²) in [5, 5.41) is 12.7. The fourth-order valence-electron chi connectivity index (χ4n) is 3.58. The van der Waals surface area contributed by atoms with Crippen molar-refractivity contribution in [3.05, 3.63) is 62.7 Å². The van der Waals surface area contributed by atoms with E-state index in [0.29, 0.717) is 17.3 Å². The van der Waals surface area contributed by atoms with Gasteiger partial charge in [0, 0.05) is 11.9 Å². The molecule has 0 bridgehead atoms. The molecule has 3 rings (SSSR count). The highest BCUT2D eigenvalue weighted by atomic mass is 32.1. The number of amides is 1. The van der Waals surface area contributed by atoms with E-state index in [1.807, 2.05) is 26.0 Å². The van der Waals surface area contributed by atoms with Crippen LogP contribution in [-0.4, -0.2) is 40.2 Å². The third-order valence-electron chi connectivity index (χ3n) is 5.17. The number of aromatic nitrogens is 2. The molecule has 1 atom stereocenters. The zero-order valence-electron chi connectivity index (χ0n) is 17.4. The molecule has 0 spiro atoms. The van der Waals surface area contributed by atoms with Crippen LogP contribution in [0.5, 0.6) is 0 Å². The van der Waals surface area contributed by atoms with Crippen LogP contribution in [0.3, 0.4) is 0 Å². The molecule has 2 aromatic heterocycles. The third kappa shape index (κ3) is 4.41. The van der Waals surface area contributed by atoms with Gasteiger partial charge in [0.25, 0.3) is 11.5 Å². The summed E-state index contributed by atoms with van der Waals surface area (Å²) in [6.45, 7) is 10.3. The fourth-order valence-corrected chi connectivity index (χ4v) is 4.29. The standard InChI is InChI=1S/C22H28N4O2S/c1-5-25(6-2)19(16-11-12-29-14-16)13-23-21(27)20-17-9-7-8-10-18(17)22(28)26(24-20)15(3)4/h7-12,14-15,19H,5-6,13H2,1-4H3,(H,23,27). The molecular formula is C22H28N4O2S. The number of likely N-dealkylation sites (N-methyl/N-ethyl adjacent to an activating group) is 1. The molecule has 0 fully saturated rings. The number of hydrogen-bond donors (Lipinski definition) is 1. The van der Waals surface area contributed by atoms with Crippen LogP contribution in [0.25, 0.3) is 10.8 Å². The van der Waals surface area contributed by atoms with Crippen LogP contribution in [-0.2, 0) is 0 Å². The smallest absolute Gasteiger partial charge is 0.274 e. The summed E-state index contributed by atoms with van der Waals surface area (Å²) in [6, 6.07) is 9.23. The molecule has 2 heterocycles. The van der Waals surface area contributed by atoms with Crippen molar-refractivity contribution in [2.75, 3.05) is 19.6 Å². The average Bonchev–Trinajstić information content (AvgIpc) is 3.25. The summed E-state index contributed by atoms with van der Waals surface area (Å²) in [7, 11) is 0. The predicted molar refractivity (Wildman–Crippen MR) is 119 cm³/mol. The summed E-state index contributed by atoms with van der Waals surface area (Å²) < 4.78 is 1.39. The van der Waals surface area contributed by atoms with Crippen molar-refractivity contribution in [1.82, 2.24) is 20.0 Å². The van der Waals surface area contributed by atoms with Crippen molar-refractivity contribution in [2.45, 2.75) is 39.8 Å². The van der Waals surface area contributed by atoms with E-state index in [4.69, 9.17) is 0 Å². The predicted octanol–water partition coefficient (Wildman–Crippen LogP) is 3.85. The maximum absolute atomic E-state index is 13.1. The number of benzene rings is 1. The minimum Gasteiger partial charge on any atom is -0.349 e. The molecule has 29 heavy (non-hydrogen) atoms. The normalized spacial score (nSPS) is 12.6. The van der Waals surface area contributed by atoms with Gasteiger partial charge >= 0.3 is 0 Å². The van der Waals surface area contributed by atoms with Gasteiger partial charge in [-0.05, 0) is 55.4 Å². The molecule has 1 N–H and O–H groups in total. The number of carbonyl (C=O) groups excluding carboxylic acids is 1. The maximum atomic E-state index is 13.1.